The number of alkyl halides is 2. The first kappa shape index (κ1) is 10.9. The molecule has 0 fully saturated rings. The van der Waals surface area contributed by atoms with Crippen molar-refractivity contribution < 1.29 is 8.78 Å². The molecule has 1 rings (SSSR count). The minimum absolute atomic E-state index is 0.216. The van der Waals surface area contributed by atoms with E-state index >= 15 is 0 Å². The lowest BCUT2D eigenvalue weighted by Crippen LogP contribution is -1.83. The van der Waals surface area contributed by atoms with E-state index in [0.29, 0.717) is 4.34 Å². The molecule has 0 radical (unpaired) electrons. The first-order valence-corrected chi connectivity index (χ1v) is 5.47. The van der Waals surface area contributed by atoms with Gasteiger partial charge in [0.15, 0.2) is 4.34 Å². The Morgan fingerprint density at radius 1 is 1.69 bits per heavy atom. The molecule has 6 heteroatoms. The second kappa shape index (κ2) is 5.57. The van der Waals surface area contributed by atoms with Gasteiger partial charge in [0.1, 0.15) is 4.34 Å². The zero-order valence-corrected chi connectivity index (χ0v) is 8.80. The van der Waals surface area contributed by atoms with Crippen LogP contribution in [-0.2, 0) is 0 Å². The Kier molecular flexibility index (Phi) is 4.69. The summed E-state index contributed by atoms with van der Waals surface area (Å²) in [6, 6.07) is 0. The molecule has 0 saturated carbocycles. The molecule has 0 N–H and O–H groups in total. The minimum atomic E-state index is -2.28. The largest absolute Gasteiger partial charge is 0.242 e. The summed E-state index contributed by atoms with van der Waals surface area (Å²) in [6.45, 7) is 0. The van der Waals surface area contributed by atoms with Crippen LogP contribution in [0.15, 0.2) is 22.0 Å². The van der Waals surface area contributed by atoms with Crippen molar-refractivity contribution in [3.63, 3.8) is 0 Å². The second-order valence-corrected chi connectivity index (χ2v) is 4.86. The third kappa shape index (κ3) is 4.59. The van der Waals surface area contributed by atoms with Gasteiger partial charge in [0, 0.05) is 6.42 Å². The van der Waals surface area contributed by atoms with E-state index in [1.807, 2.05) is 0 Å². The molecule has 1 aromatic heterocycles. The third-order valence-electron chi connectivity index (χ3n) is 1.04. The van der Waals surface area contributed by atoms with Gasteiger partial charge in [-0.25, -0.2) is 13.8 Å². The molecule has 0 aliphatic carbocycles. The quantitative estimate of drug-likeness (QED) is 0.738. The van der Waals surface area contributed by atoms with Crippen LogP contribution >= 0.6 is 34.7 Å². The number of hydrogen-bond acceptors (Lipinski definition) is 3. The average Bonchev–Trinajstić information content (AvgIpc) is 2.45. The molecular formula is C7H6ClF2NS2. The Labute approximate surface area is 87.8 Å². The second-order valence-electron chi connectivity index (χ2n) is 2.05. The predicted molar refractivity (Wildman–Crippen MR) is 52.7 cm³/mol. The lowest BCUT2D eigenvalue weighted by Gasteiger charge is -1.89. The molecule has 0 spiro atoms. The molecule has 0 atom stereocenters. The van der Waals surface area contributed by atoms with Crippen molar-refractivity contribution in [1.82, 2.24) is 4.98 Å². The number of hydrogen-bond donors (Lipinski definition) is 0. The highest BCUT2D eigenvalue weighted by Crippen LogP contribution is 2.27. The number of thiazole rings is 1. The lowest BCUT2D eigenvalue weighted by molar-refractivity contribution is 0.152. The van der Waals surface area contributed by atoms with Gasteiger partial charge in [-0.3, -0.25) is 0 Å². The van der Waals surface area contributed by atoms with Crippen LogP contribution in [0.3, 0.4) is 0 Å². The molecule has 0 aliphatic heterocycles. The Morgan fingerprint density at radius 2 is 2.46 bits per heavy atom. The van der Waals surface area contributed by atoms with Crippen LogP contribution < -0.4 is 0 Å². The molecular weight excluding hydrogens is 236 g/mol. The zero-order valence-electron chi connectivity index (χ0n) is 6.41. The van der Waals surface area contributed by atoms with E-state index in [2.05, 4.69) is 4.98 Å². The smallest absolute Gasteiger partial charge is 0.236 e. The number of thioether (sulfide) groups is 1. The van der Waals surface area contributed by atoms with Crippen molar-refractivity contribution in [3.8, 4) is 0 Å². The number of halogens is 3. The van der Waals surface area contributed by atoms with E-state index in [4.69, 9.17) is 11.6 Å². The standard InChI is InChI=1S/C7H6ClF2NS2/c8-5-4-11-7(13-5)12-3-1-2-6(9)10/h1,3-4,6H,2H2/b3-1+. The number of aromatic nitrogens is 1. The van der Waals surface area contributed by atoms with Crippen molar-refractivity contribution in [2.45, 2.75) is 17.2 Å². The maximum atomic E-state index is 11.7. The summed E-state index contributed by atoms with van der Waals surface area (Å²) >= 11 is 8.24. The molecule has 0 aromatic carbocycles. The van der Waals surface area contributed by atoms with Gasteiger partial charge in [0.25, 0.3) is 0 Å². The van der Waals surface area contributed by atoms with Crippen molar-refractivity contribution in [2.24, 2.45) is 0 Å². The summed E-state index contributed by atoms with van der Waals surface area (Å²) < 4.78 is 24.7. The first-order valence-electron chi connectivity index (χ1n) is 3.39. The average molecular weight is 242 g/mol. The maximum Gasteiger partial charge on any atom is 0.242 e. The lowest BCUT2D eigenvalue weighted by atomic mass is 10.4. The highest BCUT2D eigenvalue weighted by molar-refractivity contribution is 8.03. The third-order valence-corrected chi connectivity index (χ3v) is 3.12. The topological polar surface area (TPSA) is 12.9 Å². The summed E-state index contributed by atoms with van der Waals surface area (Å²) in [5.41, 5.74) is 0. The van der Waals surface area contributed by atoms with Crippen molar-refractivity contribution in [3.05, 3.63) is 22.0 Å². The van der Waals surface area contributed by atoms with Crippen molar-refractivity contribution in [2.75, 3.05) is 0 Å². The van der Waals surface area contributed by atoms with Gasteiger partial charge in [0.2, 0.25) is 6.43 Å². The van der Waals surface area contributed by atoms with E-state index in [0.717, 1.165) is 4.34 Å². The molecule has 13 heavy (non-hydrogen) atoms. The molecule has 0 unspecified atom stereocenters. The monoisotopic (exact) mass is 241 g/mol. The van der Waals surface area contributed by atoms with E-state index in [1.54, 1.807) is 5.41 Å². The van der Waals surface area contributed by atoms with Crippen LogP contribution in [0.25, 0.3) is 0 Å². The van der Waals surface area contributed by atoms with Crippen LogP contribution in [0.4, 0.5) is 8.78 Å². The van der Waals surface area contributed by atoms with E-state index in [9.17, 15) is 8.78 Å². The molecule has 0 amide bonds. The number of nitrogens with zero attached hydrogens (tertiary/aromatic N) is 1. The fraction of sp³-hybridized carbons (Fsp3) is 0.286. The van der Waals surface area contributed by atoms with E-state index < -0.39 is 6.43 Å². The molecule has 0 aliphatic rings. The number of rotatable bonds is 4. The fourth-order valence-electron chi connectivity index (χ4n) is 0.559. The minimum Gasteiger partial charge on any atom is -0.236 e. The van der Waals surface area contributed by atoms with Crippen LogP contribution in [-0.4, -0.2) is 11.4 Å². The molecule has 1 aromatic rings. The van der Waals surface area contributed by atoms with Gasteiger partial charge in [0.05, 0.1) is 6.20 Å². The first-order chi connectivity index (χ1) is 6.18. The molecule has 0 bridgehead atoms. The van der Waals surface area contributed by atoms with Crippen molar-refractivity contribution in [1.29, 1.82) is 0 Å². The summed E-state index contributed by atoms with van der Waals surface area (Å²) in [5.74, 6) is 0. The highest BCUT2D eigenvalue weighted by Gasteiger charge is 1.99. The molecule has 72 valence electrons. The molecule has 0 saturated heterocycles. The van der Waals surface area contributed by atoms with E-state index in [-0.39, 0.29) is 6.42 Å². The maximum absolute atomic E-state index is 11.7. The van der Waals surface area contributed by atoms with Gasteiger partial charge >= 0.3 is 0 Å². The normalized spacial score (nSPS) is 11.7. The highest BCUT2D eigenvalue weighted by atomic mass is 35.5. The van der Waals surface area contributed by atoms with Crippen LogP contribution in [0.1, 0.15) is 6.42 Å². The Morgan fingerprint density at radius 3 is 3.00 bits per heavy atom. The fourth-order valence-corrected chi connectivity index (χ4v) is 2.41. The van der Waals surface area contributed by atoms with Gasteiger partial charge in [-0.15, -0.1) is 0 Å². The van der Waals surface area contributed by atoms with Crippen LogP contribution in [0.5, 0.6) is 0 Å². The van der Waals surface area contributed by atoms with E-state index in [1.165, 1.54) is 35.4 Å². The molecule has 1 nitrogen and oxygen atoms in total. The Bertz CT molecular complexity index is 288. The summed E-state index contributed by atoms with van der Waals surface area (Å²) in [7, 11) is 0. The van der Waals surface area contributed by atoms with Crippen LogP contribution in [0, 0.1) is 0 Å². The Balaban J connectivity index is 2.30. The van der Waals surface area contributed by atoms with Gasteiger partial charge in [-0.1, -0.05) is 40.8 Å². The van der Waals surface area contributed by atoms with Crippen molar-refractivity contribution >= 4 is 34.7 Å². The van der Waals surface area contributed by atoms with Gasteiger partial charge < -0.3 is 0 Å². The SMILES string of the molecule is FC(F)C/C=C/Sc1ncc(Cl)s1. The molecule has 1 heterocycles. The van der Waals surface area contributed by atoms with Gasteiger partial charge in [-0.05, 0) is 5.41 Å². The number of allylic oxidation sites excluding steroid dienone is 1. The predicted octanol–water partition coefficient (Wildman–Crippen LogP) is 4.06. The van der Waals surface area contributed by atoms with Crippen LogP contribution in [0.2, 0.25) is 4.34 Å². The zero-order chi connectivity index (χ0) is 9.68. The summed E-state index contributed by atoms with van der Waals surface area (Å²) in [6.07, 6.45) is 0.462. The van der Waals surface area contributed by atoms with Gasteiger partial charge in [-0.2, -0.15) is 0 Å². The summed E-state index contributed by atoms with van der Waals surface area (Å²) in [4.78, 5) is 3.94. The summed E-state index contributed by atoms with van der Waals surface area (Å²) in [5, 5.41) is 1.60. The Hall–Kier alpha value is -0.130.